The number of benzene rings is 2. The predicted molar refractivity (Wildman–Crippen MR) is 286 cm³/mol. The maximum absolute atomic E-state index is 16.2. The summed E-state index contributed by atoms with van der Waals surface area (Å²) >= 11 is 2.54. The second-order valence-electron chi connectivity index (χ2n) is 20.2. The lowest BCUT2D eigenvalue weighted by Crippen LogP contribution is -2.34. The Morgan fingerprint density at radius 2 is 0.743 bits per heavy atom. The Balaban J connectivity index is 1.44. The molecular weight excluding hydrogens is 921 g/mol. The van der Waals surface area contributed by atoms with Crippen LogP contribution in [0.15, 0.2) is 59.7 Å². The average molecular weight is 1000 g/mol. The third-order valence-corrected chi connectivity index (χ3v) is 17.7. The van der Waals surface area contributed by atoms with Crippen molar-refractivity contribution >= 4 is 45.9 Å². The van der Waals surface area contributed by atoms with E-state index in [0.29, 0.717) is 90.9 Å². The van der Waals surface area contributed by atoms with Gasteiger partial charge in [0, 0.05) is 34.0 Å². The van der Waals surface area contributed by atoms with Gasteiger partial charge in [-0.3, -0.25) is 9.59 Å². The number of hydrogen-bond acceptors (Lipinski definition) is 4. The first-order valence-corrected chi connectivity index (χ1v) is 28.8. The molecule has 4 aromatic rings. The smallest absolute Gasteiger partial charge is 0.261 e. The SMILES string of the molecule is CCCCC(CC)CCc1ccc(-c2ccc(C3=C4C(=O)N(CC(CC)CCCC)C(c5ccc(-c6ccc(CCC(CC)CCCC)c(F)c6F)s5)=C4C(=O)N3CC(CC)CCCC)s2)c(F)c1F. The molecule has 0 N–H and O–H groups in total. The van der Waals surface area contributed by atoms with Gasteiger partial charge in [-0.1, -0.05) is 170 Å². The third-order valence-electron chi connectivity index (χ3n) is 15.4. The van der Waals surface area contributed by atoms with E-state index in [1.54, 1.807) is 46.2 Å². The number of unbranched alkanes of at least 4 members (excludes halogenated alkanes) is 4. The number of hydrogen-bond donors (Lipinski definition) is 0. The van der Waals surface area contributed by atoms with Crippen LogP contribution in [0.3, 0.4) is 0 Å². The molecule has 0 aliphatic carbocycles. The van der Waals surface area contributed by atoms with Gasteiger partial charge in [0.1, 0.15) is 0 Å². The fourth-order valence-electron chi connectivity index (χ4n) is 10.6. The summed E-state index contributed by atoms with van der Waals surface area (Å²) in [5.74, 6) is -2.68. The molecule has 0 radical (unpaired) electrons. The number of thiophene rings is 2. The Kier molecular flexibility index (Phi) is 21.0. The van der Waals surface area contributed by atoms with Crippen LogP contribution in [0.5, 0.6) is 0 Å². The van der Waals surface area contributed by atoms with Crippen LogP contribution in [0.4, 0.5) is 17.6 Å². The Morgan fingerprint density at radius 3 is 1.07 bits per heavy atom. The van der Waals surface area contributed by atoms with Crippen LogP contribution in [0.2, 0.25) is 0 Å². The molecular formula is C60H80F4N2O2S2. The fraction of sp³-hybridized carbons (Fsp3) is 0.567. The summed E-state index contributed by atoms with van der Waals surface area (Å²) in [6, 6.07) is 14.0. The van der Waals surface area contributed by atoms with Crippen LogP contribution in [0.25, 0.3) is 32.3 Å². The van der Waals surface area contributed by atoms with Crippen molar-refractivity contribution in [3.05, 3.63) is 104 Å². The predicted octanol–water partition coefficient (Wildman–Crippen LogP) is 18.2. The highest BCUT2D eigenvalue weighted by atomic mass is 32.1. The van der Waals surface area contributed by atoms with Crippen molar-refractivity contribution in [1.29, 1.82) is 0 Å². The zero-order chi connectivity index (χ0) is 50.5. The molecule has 0 saturated carbocycles. The highest BCUT2D eigenvalue weighted by molar-refractivity contribution is 7.17. The zero-order valence-corrected chi connectivity index (χ0v) is 45.2. The molecule has 0 saturated heterocycles. The molecule has 2 aromatic carbocycles. The molecule has 4 atom stereocenters. The van der Waals surface area contributed by atoms with Gasteiger partial charge in [0.2, 0.25) is 0 Å². The molecule has 0 bridgehead atoms. The van der Waals surface area contributed by atoms with E-state index in [1.807, 2.05) is 12.1 Å². The molecule has 10 heteroatoms. The maximum atomic E-state index is 16.2. The minimum atomic E-state index is -0.884. The first kappa shape index (κ1) is 55.3. The molecule has 4 nitrogen and oxygen atoms in total. The van der Waals surface area contributed by atoms with Gasteiger partial charge in [-0.25, -0.2) is 17.6 Å². The number of carbonyl (C=O) groups is 2. The zero-order valence-electron chi connectivity index (χ0n) is 43.5. The summed E-state index contributed by atoms with van der Waals surface area (Å²) < 4.78 is 64.1. The Hall–Kier alpha value is -4.02. The molecule has 2 aliphatic heterocycles. The van der Waals surface area contributed by atoms with Crippen LogP contribution in [-0.4, -0.2) is 34.7 Å². The Bertz CT molecular complexity index is 2280. The van der Waals surface area contributed by atoms with Gasteiger partial charge in [0.25, 0.3) is 11.8 Å². The van der Waals surface area contributed by atoms with Gasteiger partial charge in [0.15, 0.2) is 23.3 Å². The maximum Gasteiger partial charge on any atom is 0.261 e. The lowest BCUT2D eigenvalue weighted by atomic mass is 9.92. The molecule has 4 heterocycles. The molecule has 0 spiro atoms. The van der Waals surface area contributed by atoms with Crippen molar-refractivity contribution < 1.29 is 27.2 Å². The highest BCUT2D eigenvalue weighted by Crippen LogP contribution is 2.51. The molecule has 382 valence electrons. The van der Waals surface area contributed by atoms with Crippen LogP contribution in [-0.2, 0) is 22.4 Å². The second kappa shape index (κ2) is 26.6. The van der Waals surface area contributed by atoms with Crippen LogP contribution >= 0.6 is 22.7 Å². The van der Waals surface area contributed by atoms with Crippen molar-refractivity contribution in [1.82, 2.24) is 9.80 Å². The van der Waals surface area contributed by atoms with E-state index in [2.05, 4.69) is 55.4 Å². The molecule has 6 rings (SSSR count). The molecule has 2 aromatic heterocycles. The van der Waals surface area contributed by atoms with E-state index < -0.39 is 23.3 Å². The molecule has 70 heavy (non-hydrogen) atoms. The summed E-state index contributed by atoms with van der Waals surface area (Å²) in [4.78, 5) is 36.5. The van der Waals surface area contributed by atoms with Crippen molar-refractivity contribution in [3.63, 3.8) is 0 Å². The van der Waals surface area contributed by atoms with E-state index >= 15 is 27.2 Å². The van der Waals surface area contributed by atoms with Gasteiger partial charge in [-0.2, -0.15) is 0 Å². The van der Waals surface area contributed by atoms with Crippen molar-refractivity contribution in [2.24, 2.45) is 23.7 Å². The summed E-state index contributed by atoms with van der Waals surface area (Å²) in [6.45, 7) is 18.0. The van der Waals surface area contributed by atoms with E-state index in [9.17, 15) is 0 Å². The largest absolute Gasteiger partial charge is 0.306 e. The molecule has 2 aliphatic rings. The van der Waals surface area contributed by atoms with Gasteiger partial charge >= 0.3 is 0 Å². The molecule has 4 unspecified atom stereocenters. The first-order valence-electron chi connectivity index (χ1n) is 27.2. The van der Waals surface area contributed by atoms with Gasteiger partial charge in [-0.05, 0) is 97.6 Å². The number of fused-ring (bicyclic) bond motifs is 1. The van der Waals surface area contributed by atoms with E-state index in [1.165, 1.54) is 22.7 Å². The molecule has 2 amide bonds. The summed E-state index contributed by atoms with van der Waals surface area (Å²) in [7, 11) is 0. The number of amides is 2. The van der Waals surface area contributed by atoms with Crippen molar-refractivity contribution in [2.75, 3.05) is 13.1 Å². The van der Waals surface area contributed by atoms with Crippen molar-refractivity contribution in [3.8, 4) is 20.9 Å². The number of aryl methyl sites for hydroxylation is 2. The number of nitrogens with zero attached hydrogens (tertiary/aromatic N) is 2. The summed E-state index contributed by atoms with van der Waals surface area (Å²) in [5, 5.41) is 0. The third kappa shape index (κ3) is 12.6. The summed E-state index contributed by atoms with van der Waals surface area (Å²) in [6.07, 6.45) is 18.7. The fourth-order valence-corrected chi connectivity index (χ4v) is 12.8. The van der Waals surface area contributed by atoms with Gasteiger partial charge in [-0.15, -0.1) is 22.7 Å². The minimum Gasteiger partial charge on any atom is -0.306 e. The Morgan fingerprint density at radius 1 is 0.414 bits per heavy atom. The van der Waals surface area contributed by atoms with E-state index in [-0.39, 0.29) is 34.8 Å². The van der Waals surface area contributed by atoms with E-state index in [4.69, 9.17) is 0 Å². The number of carbonyl (C=O) groups excluding carboxylic acids is 2. The minimum absolute atomic E-state index is 0.156. The standard InChI is InChI=1S/C60H80F4N2O2S2/c1-9-17-21-39(13-5)25-27-43-29-31-45(55(63)53(43)61)47-33-35-49(69-47)57-51-52(60(68)65(57)37-41(15-7)23-19-11-3)58(66(59(51)67)38-42(16-8)24-20-12-4)50-36-34-48(70-50)46-32-30-44(54(62)56(46)64)28-26-40(14-6)22-18-10-2/h29-36,39-42H,9-28,37-38H2,1-8H3. The van der Waals surface area contributed by atoms with Crippen LogP contribution in [0.1, 0.15) is 192 Å². The lowest BCUT2D eigenvalue weighted by molar-refractivity contribution is -0.124. The normalized spacial score (nSPS) is 15.8. The van der Waals surface area contributed by atoms with Crippen LogP contribution < -0.4 is 0 Å². The topological polar surface area (TPSA) is 40.6 Å². The van der Waals surface area contributed by atoms with Gasteiger partial charge < -0.3 is 9.80 Å². The quantitative estimate of drug-likeness (QED) is 0.0489. The summed E-state index contributed by atoms with van der Waals surface area (Å²) in [5.41, 5.74) is 2.73. The monoisotopic (exact) mass is 1000 g/mol. The van der Waals surface area contributed by atoms with Gasteiger partial charge in [0.05, 0.1) is 32.3 Å². The number of halogens is 4. The Labute approximate surface area is 426 Å². The highest BCUT2D eigenvalue weighted by Gasteiger charge is 2.50. The first-order chi connectivity index (χ1) is 33.9. The second-order valence-corrected chi connectivity index (χ2v) is 22.3. The van der Waals surface area contributed by atoms with E-state index in [0.717, 1.165) is 116 Å². The number of rotatable bonds is 30. The molecule has 0 fully saturated rings. The van der Waals surface area contributed by atoms with Crippen LogP contribution in [0, 0.1) is 46.9 Å². The lowest BCUT2D eigenvalue weighted by Gasteiger charge is -2.29. The average Bonchev–Trinajstić information content (AvgIpc) is 4.17. The van der Waals surface area contributed by atoms with Crippen molar-refractivity contribution in [2.45, 2.75) is 184 Å².